The number of para-hydroxylation sites is 1. The van der Waals surface area contributed by atoms with E-state index in [-0.39, 0.29) is 32.0 Å². The number of carbonyl (C=O) groups is 1. The summed E-state index contributed by atoms with van der Waals surface area (Å²) in [7, 11) is 0. The van der Waals surface area contributed by atoms with Crippen molar-refractivity contribution in [3.8, 4) is 0 Å². The summed E-state index contributed by atoms with van der Waals surface area (Å²) in [5.74, 6) is -2.90. The van der Waals surface area contributed by atoms with Crippen molar-refractivity contribution in [3.05, 3.63) is 27.8 Å². The van der Waals surface area contributed by atoms with E-state index in [1.54, 1.807) is 6.07 Å². The number of halogens is 3. The number of likely N-dealkylation sites (tertiary alicyclic amines) is 1. The van der Waals surface area contributed by atoms with Crippen LogP contribution in [0.4, 0.5) is 14.5 Å². The lowest BCUT2D eigenvalue weighted by Crippen LogP contribution is -2.33. The average Bonchev–Trinajstić information content (AvgIpc) is 2.61. The standard InChI is InChI=1S/C12H13F2IN2O/c13-12(14)5-6-17(8-12)7-11(18)16-10-4-2-1-3-9(10)15/h1-4H,5-8H2,(H,16,18). The molecule has 1 aromatic carbocycles. The zero-order chi connectivity index (χ0) is 13.2. The highest BCUT2D eigenvalue weighted by atomic mass is 127. The van der Waals surface area contributed by atoms with E-state index in [0.717, 1.165) is 3.57 Å². The fourth-order valence-corrected chi connectivity index (χ4v) is 2.42. The quantitative estimate of drug-likeness (QED) is 0.835. The van der Waals surface area contributed by atoms with Crippen molar-refractivity contribution >= 4 is 34.2 Å². The van der Waals surface area contributed by atoms with Gasteiger partial charge in [0.2, 0.25) is 5.91 Å². The van der Waals surface area contributed by atoms with E-state index >= 15 is 0 Å². The van der Waals surface area contributed by atoms with Crippen molar-refractivity contribution in [2.24, 2.45) is 0 Å². The van der Waals surface area contributed by atoms with Crippen LogP contribution in [0.15, 0.2) is 24.3 Å². The number of amides is 1. The number of anilines is 1. The molecule has 18 heavy (non-hydrogen) atoms. The maximum Gasteiger partial charge on any atom is 0.261 e. The second-order valence-corrected chi connectivity index (χ2v) is 5.51. The van der Waals surface area contributed by atoms with Crippen LogP contribution in [-0.4, -0.2) is 36.4 Å². The monoisotopic (exact) mass is 366 g/mol. The van der Waals surface area contributed by atoms with Gasteiger partial charge in [0, 0.05) is 16.5 Å². The summed E-state index contributed by atoms with van der Waals surface area (Å²) >= 11 is 2.12. The molecule has 0 saturated carbocycles. The molecule has 3 nitrogen and oxygen atoms in total. The van der Waals surface area contributed by atoms with Crippen LogP contribution in [-0.2, 0) is 4.79 Å². The molecular formula is C12H13F2IN2O. The number of nitrogens with one attached hydrogen (secondary N) is 1. The summed E-state index contributed by atoms with van der Waals surface area (Å²) in [5, 5.41) is 2.73. The number of carbonyl (C=O) groups excluding carboxylic acids is 1. The van der Waals surface area contributed by atoms with Crippen LogP contribution in [0.2, 0.25) is 0 Å². The molecule has 0 aromatic heterocycles. The van der Waals surface area contributed by atoms with E-state index in [4.69, 9.17) is 0 Å². The third-order valence-electron chi connectivity index (χ3n) is 2.76. The Balaban J connectivity index is 1.88. The lowest BCUT2D eigenvalue weighted by Gasteiger charge is -2.15. The Bertz CT molecular complexity index is 453. The van der Waals surface area contributed by atoms with Crippen molar-refractivity contribution in [2.75, 3.05) is 25.0 Å². The Labute approximate surface area is 118 Å². The van der Waals surface area contributed by atoms with Crippen molar-refractivity contribution in [1.82, 2.24) is 4.90 Å². The van der Waals surface area contributed by atoms with Gasteiger partial charge in [-0.2, -0.15) is 0 Å². The predicted octanol–water partition coefficient (Wildman–Crippen LogP) is 2.57. The van der Waals surface area contributed by atoms with Gasteiger partial charge in [-0.25, -0.2) is 8.78 Å². The molecule has 0 radical (unpaired) electrons. The third-order valence-corrected chi connectivity index (χ3v) is 3.70. The predicted molar refractivity (Wildman–Crippen MR) is 73.8 cm³/mol. The first-order chi connectivity index (χ1) is 8.46. The summed E-state index contributed by atoms with van der Waals surface area (Å²) in [4.78, 5) is 13.2. The molecule has 0 unspecified atom stereocenters. The zero-order valence-electron chi connectivity index (χ0n) is 9.63. The first-order valence-corrected chi connectivity index (χ1v) is 6.69. The Morgan fingerprint density at radius 2 is 2.17 bits per heavy atom. The summed E-state index contributed by atoms with van der Waals surface area (Å²) in [6.45, 7) is -0.0425. The van der Waals surface area contributed by atoms with E-state index in [0.29, 0.717) is 5.69 Å². The fourth-order valence-electron chi connectivity index (χ4n) is 1.90. The highest BCUT2D eigenvalue weighted by Gasteiger charge is 2.38. The van der Waals surface area contributed by atoms with Gasteiger partial charge < -0.3 is 5.32 Å². The van der Waals surface area contributed by atoms with Crippen LogP contribution in [0.1, 0.15) is 6.42 Å². The van der Waals surface area contributed by atoms with E-state index in [1.807, 2.05) is 18.2 Å². The molecule has 0 aliphatic carbocycles. The molecule has 1 saturated heterocycles. The van der Waals surface area contributed by atoms with Gasteiger partial charge in [0.05, 0.1) is 18.8 Å². The minimum absolute atomic E-state index is 0.0144. The van der Waals surface area contributed by atoms with E-state index < -0.39 is 5.92 Å². The first-order valence-electron chi connectivity index (χ1n) is 5.61. The molecule has 98 valence electrons. The van der Waals surface area contributed by atoms with Gasteiger partial charge in [0.1, 0.15) is 0 Å². The lowest BCUT2D eigenvalue weighted by atomic mass is 10.3. The molecule has 2 rings (SSSR count). The molecule has 1 fully saturated rings. The van der Waals surface area contributed by atoms with Gasteiger partial charge in [-0.1, -0.05) is 12.1 Å². The molecule has 1 heterocycles. The number of nitrogens with zero attached hydrogens (tertiary/aromatic N) is 1. The second kappa shape index (κ2) is 5.48. The van der Waals surface area contributed by atoms with Gasteiger partial charge in [-0.05, 0) is 34.7 Å². The van der Waals surface area contributed by atoms with Crippen LogP contribution < -0.4 is 5.32 Å². The van der Waals surface area contributed by atoms with Crippen LogP contribution in [0.25, 0.3) is 0 Å². The van der Waals surface area contributed by atoms with Gasteiger partial charge >= 0.3 is 0 Å². The maximum absolute atomic E-state index is 13.0. The van der Waals surface area contributed by atoms with E-state index in [9.17, 15) is 13.6 Å². The Hall–Kier alpha value is -0.760. The van der Waals surface area contributed by atoms with Crippen molar-refractivity contribution < 1.29 is 13.6 Å². The molecule has 1 amide bonds. The Morgan fingerprint density at radius 3 is 2.78 bits per heavy atom. The normalized spacial score (nSPS) is 18.8. The Morgan fingerprint density at radius 1 is 1.44 bits per heavy atom. The Kier molecular flexibility index (Phi) is 4.16. The van der Waals surface area contributed by atoms with Gasteiger partial charge in [0.15, 0.2) is 0 Å². The van der Waals surface area contributed by atoms with Crippen molar-refractivity contribution in [3.63, 3.8) is 0 Å². The van der Waals surface area contributed by atoms with Crippen molar-refractivity contribution in [1.29, 1.82) is 0 Å². The highest BCUT2D eigenvalue weighted by Crippen LogP contribution is 2.26. The molecular weight excluding hydrogens is 353 g/mol. The van der Waals surface area contributed by atoms with Crippen LogP contribution >= 0.6 is 22.6 Å². The summed E-state index contributed by atoms with van der Waals surface area (Å²) in [6, 6.07) is 7.36. The molecule has 0 atom stereocenters. The molecule has 0 spiro atoms. The second-order valence-electron chi connectivity index (χ2n) is 4.34. The van der Waals surface area contributed by atoms with Crippen molar-refractivity contribution in [2.45, 2.75) is 12.3 Å². The van der Waals surface area contributed by atoms with Gasteiger partial charge in [0.25, 0.3) is 5.92 Å². The average molecular weight is 366 g/mol. The number of hydrogen-bond donors (Lipinski definition) is 1. The van der Waals surface area contributed by atoms with Gasteiger partial charge in [-0.3, -0.25) is 9.69 Å². The SMILES string of the molecule is O=C(CN1CCC(F)(F)C1)Nc1ccccc1I. The molecule has 1 aliphatic heterocycles. The van der Waals surface area contributed by atoms with Crippen LogP contribution in [0, 0.1) is 3.57 Å². The largest absolute Gasteiger partial charge is 0.324 e. The van der Waals surface area contributed by atoms with Crippen LogP contribution in [0.3, 0.4) is 0 Å². The smallest absolute Gasteiger partial charge is 0.261 e. The molecule has 6 heteroatoms. The fraction of sp³-hybridized carbons (Fsp3) is 0.417. The number of alkyl halides is 2. The van der Waals surface area contributed by atoms with E-state index in [1.165, 1.54) is 4.90 Å². The highest BCUT2D eigenvalue weighted by molar-refractivity contribution is 14.1. The lowest BCUT2D eigenvalue weighted by molar-refractivity contribution is -0.117. The molecule has 0 bridgehead atoms. The topological polar surface area (TPSA) is 32.3 Å². The van der Waals surface area contributed by atoms with Gasteiger partial charge in [-0.15, -0.1) is 0 Å². The number of benzene rings is 1. The minimum Gasteiger partial charge on any atom is -0.324 e. The first kappa shape index (κ1) is 13.7. The summed E-state index contributed by atoms with van der Waals surface area (Å²) < 4.78 is 26.8. The minimum atomic E-state index is -2.65. The van der Waals surface area contributed by atoms with E-state index in [2.05, 4.69) is 27.9 Å². The summed E-state index contributed by atoms with van der Waals surface area (Å²) in [6.07, 6.45) is -0.164. The molecule has 1 N–H and O–H groups in total. The molecule has 1 aliphatic rings. The zero-order valence-corrected chi connectivity index (χ0v) is 11.8. The summed E-state index contributed by atoms with van der Waals surface area (Å²) in [5.41, 5.74) is 0.717. The number of rotatable bonds is 3. The van der Waals surface area contributed by atoms with Crippen LogP contribution in [0.5, 0.6) is 0 Å². The third kappa shape index (κ3) is 3.61. The molecule has 1 aromatic rings. The maximum atomic E-state index is 13.0. The number of hydrogen-bond acceptors (Lipinski definition) is 2.